The highest BCUT2D eigenvalue weighted by atomic mass is 16.7. The number of carboxylic acid groups (broad SMARTS) is 2. The number of nitrogens with one attached hydrogen (secondary N) is 1. The Bertz CT molecular complexity index is 1290. The molecule has 0 fully saturated rings. The largest absolute Gasteiger partial charge is 0.480 e. The van der Waals surface area contributed by atoms with Gasteiger partial charge in [0.1, 0.15) is 6.04 Å². The minimum atomic E-state index is -1.30. The molecule has 1 unspecified atom stereocenters. The SMILES string of the molecule is O=C(O)C1=CN(C(=O)c2ccc3c(c2)OCO3)C(C(=O)O)Cc2c1[nH]c1ccccc21. The van der Waals surface area contributed by atoms with Gasteiger partial charge in [-0.1, -0.05) is 18.2 Å². The maximum Gasteiger partial charge on any atom is 0.339 e. The van der Waals surface area contributed by atoms with Crippen LogP contribution in [0.3, 0.4) is 0 Å². The van der Waals surface area contributed by atoms with Gasteiger partial charge in [-0.15, -0.1) is 0 Å². The molecular weight excluding hydrogens is 404 g/mol. The molecule has 3 aromatic rings. The van der Waals surface area contributed by atoms with Crippen LogP contribution in [0.2, 0.25) is 0 Å². The predicted octanol–water partition coefficient (Wildman–Crippen LogP) is 2.47. The molecule has 9 nitrogen and oxygen atoms in total. The van der Waals surface area contributed by atoms with Crippen molar-refractivity contribution in [1.29, 1.82) is 0 Å². The molecule has 3 N–H and O–H groups in total. The van der Waals surface area contributed by atoms with Gasteiger partial charge in [0.05, 0.1) is 11.3 Å². The first-order valence-corrected chi connectivity index (χ1v) is 9.44. The zero-order chi connectivity index (χ0) is 21.7. The number of ether oxygens (including phenoxy) is 2. The first kappa shape index (κ1) is 18.7. The second-order valence-corrected chi connectivity index (χ2v) is 7.21. The first-order chi connectivity index (χ1) is 14.9. The van der Waals surface area contributed by atoms with Gasteiger partial charge in [0.2, 0.25) is 6.79 Å². The molecule has 0 saturated heterocycles. The number of aromatic nitrogens is 1. The van der Waals surface area contributed by atoms with E-state index in [2.05, 4.69) is 4.98 Å². The normalized spacial score (nSPS) is 17.1. The number of carboxylic acids is 2. The lowest BCUT2D eigenvalue weighted by Crippen LogP contribution is -2.42. The van der Waals surface area contributed by atoms with Gasteiger partial charge in [0.25, 0.3) is 5.91 Å². The summed E-state index contributed by atoms with van der Waals surface area (Å²) in [5.41, 5.74) is 1.49. The van der Waals surface area contributed by atoms with Gasteiger partial charge in [-0.2, -0.15) is 0 Å². The molecule has 2 aliphatic heterocycles. The quantitative estimate of drug-likeness (QED) is 0.594. The summed E-state index contributed by atoms with van der Waals surface area (Å²) in [5, 5.41) is 20.5. The Kier molecular flexibility index (Phi) is 4.18. The van der Waals surface area contributed by atoms with Gasteiger partial charge in [-0.05, 0) is 29.8 Å². The molecule has 0 bridgehead atoms. The monoisotopic (exact) mass is 420 g/mol. The number of rotatable bonds is 3. The van der Waals surface area contributed by atoms with Crippen molar-refractivity contribution in [3.05, 3.63) is 65.5 Å². The summed E-state index contributed by atoms with van der Waals surface area (Å²) < 4.78 is 10.5. The van der Waals surface area contributed by atoms with Crippen LogP contribution in [0.25, 0.3) is 16.5 Å². The maximum absolute atomic E-state index is 13.3. The summed E-state index contributed by atoms with van der Waals surface area (Å²) in [5.74, 6) is -2.33. The van der Waals surface area contributed by atoms with Crippen LogP contribution < -0.4 is 9.47 Å². The van der Waals surface area contributed by atoms with Crippen molar-refractivity contribution in [3.8, 4) is 11.5 Å². The zero-order valence-corrected chi connectivity index (χ0v) is 16.0. The number of hydrogen-bond donors (Lipinski definition) is 3. The average molecular weight is 420 g/mol. The van der Waals surface area contributed by atoms with E-state index in [-0.39, 0.29) is 24.4 Å². The topological polar surface area (TPSA) is 129 Å². The number of H-pyrrole nitrogens is 1. The van der Waals surface area contributed by atoms with Gasteiger partial charge < -0.3 is 24.7 Å². The van der Waals surface area contributed by atoms with Gasteiger partial charge in [0, 0.05) is 29.1 Å². The number of hydrogen-bond acceptors (Lipinski definition) is 5. The summed E-state index contributed by atoms with van der Waals surface area (Å²) in [6.45, 7) is 0.0270. The van der Waals surface area contributed by atoms with Gasteiger partial charge in [-0.25, -0.2) is 9.59 Å². The standard InChI is InChI=1S/C22H16N2O7/c25-20(11-5-6-17-18(7-11)31-10-30-17)24-9-14(21(26)27)19-13(8-16(24)22(28)29)12-3-1-2-4-15(12)23-19/h1-7,9,16,23H,8,10H2,(H,26,27)(H,28,29). The van der Waals surface area contributed by atoms with Crippen molar-refractivity contribution in [2.75, 3.05) is 6.79 Å². The molecule has 0 radical (unpaired) electrons. The van der Waals surface area contributed by atoms with Crippen LogP contribution in [-0.4, -0.2) is 50.8 Å². The number of benzene rings is 2. The molecule has 2 aromatic carbocycles. The van der Waals surface area contributed by atoms with Crippen LogP contribution in [0.4, 0.5) is 0 Å². The smallest absolute Gasteiger partial charge is 0.339 e. The number of carbonyl (C=O) groups is 3. The molecule has 5 rings (SSSR count). The number of aliphatic carboxylic acids is 2. The molecule has 0 aliphatic carbocycles. The molecule has 156 valence electrons. The van der Waals surface area contributed by atoms with Crippen LogP contribution in [0, 0.1) is 0 Å². The molecular formula is C22H16N2O7. The second-order valence-electron chi connectivity index (χ2n) is 7.21. The number of para-hydroxylation sites is 1. The summed E-state index contributed by atoms with van der Waals surface area (Å²) in [6.07, 6.45) is 1.04. The van der Waals surface area contributed by atoms with E-state index in [9.17, 15) is 24.6 Å². The number of aromatic amines is 1. The summed E-state index contributed by atoms with van der Waals surface area (Å²) in [4.78, 5) is 41.5. The van der Waals surface area contributed by atoms with E-state index in [1.54, 1.807) is 30.3 Å². The van der Waals surface area contributed by atoms with Crippen LogP contribution in [0.15, 0.2) is 48.7 Å². The lowest BCUT2D eigenvalue weighted by molar-refractivity contribution is -0.141. The molecule has 1 amide bonds. The Morgan fingerprint density at radius 1 is 1.03 bits per heavy atom. The van der Waals surface area contributed by atoms with Crippen molar-refractivity contribution in [3.63, 3.8) is 0 Å². The predicted molar refractivity (Wildman–Crippen MR) is 108 cm³/mol. The van der Waals surface area contributed by atoms with E-state index in [0.29, 0.717) is 33.7 Å². The molecule has 31 heavy (non-hydrogen) atoms. The van der Waals surface area contributed by atoms with Gasteiger partial charge >= 0.3 is 11.9 Å². The number of fused-ring (bicyclic) bond motifs is 4. The fourth-order valence-electron chi connectivity index (χ4n) is 3.97. The van der Waals surface area contributed by atoms with Crippen LogP contribution in [0.1, 0.15) is 21.6 Å². The van der Waals surface area contributed by atoms with Crippen molar-refractivity contribution >= 4 is 34.3 Å². The fourth-order valence-corrected chi connectivity index (χ4v) is 3.97. The maximum atomic E-state index is 13.3. The van der Waals surface area contributed by atoms with Gasteiger partial charge in [-0.3, -0.25) is 9.69 Å². The molecule has 3 heterocycles. The van der Waals surface area contributed by atoms with E-state index in [4.69, 9.17) is 9.47 Å². The fraction of sp³-hybridized carbons (Fsp3) is 0.136. The van der Waals surface area contributed by atoms with E-state index >= 15 is 0 Å². The molecule has 1 aromatic heterocycles. The van der Waals surface area contributed by atoms with Gasteiger partial charge in [0.15, 0.2) is 11.5 Å². The Morgan fingerprint density at radius 3 is 2.58 bits per heavy atom. The minimum Gasteiger partial charge on any atom is -0.480 e. The van der Waals surface area contributed by atoms with Crippen LogP contribution in [0.5, 0.6) is 11.5 Å². The molecule has 1 atom stereocenters. The first-order valence-electron chi connectivity index (χ1n) is 9.44. The van der Waals surface area contributed by atoms with E-state index in [0.717, 1.165) is 11.1 Å². The van der Waals surface area contributed by atoms with Crippen LogP contribution >= 0.6 is 0 Å². The summed E-state index contributed by atoms with van der Waals surface area (Å²) >= 11 is 0. The Labute approximate surface area is 175 Å². The van der Waals surface area contributed by atoms with Crippen LogP contribution in [-0.2, 0) is 16.0 Å². The lowest BCUT2D eigenvalue weighted by atomic mass is 10.0. The highest BCUT2D eigenvalue weighted by molar-refractivity contribution is 6.17. The number of carbonyl (C=O) groups excluding carboxylic acids is 1. The van der Waals surface area contributed by atoms with Crippen molar-refractivity contribution < 1.29 is 34.1 Å². The highest BCUT2D eigenvalue weighted by Gasteiger charge is 2.36. The molecule has 9 heteroatoms. The van der Waals surface area contributed by atoms with E-state index in [1.807, 2.05) is 0 Å². The second kappa shape index (κ2) is 6.91. The van der Waals surface area contributed by atoms with E-state index < -0.39 is 23.9 Å². The number of nitrogens with zero attached hydrogens (tertiary/aromatic N) is 1. The third-order valence-corrected chi connectivity index (χ3v) is 5.45. The van der Waals surface area contributed by atoms with Crippen molar-refractivity contribution in [2.45, 2.75) is 12.5 Å². The Balaban J connectivity index is 1.65. The van der Waals surface area contributed by atoms with Crippen molar-refractivity contribution in [1.82, 2.24) is 9.88 Å². The molecule has 2 aliphatic rings. The Hall–Kier alpha value is -4.27. The molecule has 0 spiro atoms. The number of amides is 1. The third kappa shape index (κ3) is 2.98. The minimum absolute atomic E-state index is 0.0270. The average Bonchev–Trinajstić information content (AvgIpc) is 3.32. The zero-order valence-electron chi connectivity index (χ0n) is 16.0. The molecule has 0 saturated carbocycles. The Morgan fingerprint density at radius 2 is 1.81 bits per heavy atom. The van der Waals surface area contributed by atoms with E-state index in [1.165, 1.54) is 12.1 Å². The summed E-state index contributed by atoms with van der Waals surface area (Å²) in [7, 11) is 0. The van der Waals surface area contributed by atoms with Crippen molar-refractivity contribution in [2.24, 2.45) is 0 Å². The summed E-state index contributed by atoms with van der Waals surface area (Å²) in [6, 6.07) is 10.4. The third-order valence-electron chi connectivity index (χ3n) is 5.45. The highest BCUT2D eigenvalue weighted by Crippen LogP contribution is 2.35. The lowest BCUT2D eigenvalue weighted by Gasteiger charge is -2.25.